The molecular formula is C6H2Cl2N2. The first kappa shape index (κ1) is 9.04. The van der Waals surface area contributed by atoms with Gasteiger partial charge in [0.1, 0.15) is 0 Å². The van der Waals surface area contributed by atoms with Gasteiger partial charge in [-0.15, -0.1) is 0 Å². The normalized spacial score (nSPS) is 12.0. The zero-order valence-electron chi connectivity index (χ0n) is 4.81. The molecule has 0 unspecified atom stereocenters. The standard InChI is InChI=1S/C6H2Cl2N2/c7-5(1-3-9)6(8)2-4-10/h1-2H. The van der Waals surface area contributed by atoms with E-state index in [9.17, 15) is 0 Å². The van der Waals surface area contributed by atoms with Crippen LogP contribution in [0, 0.1) is 22.7 Å². The van der Waals surface area contributed by atoms with Crippen LogP contribution < -0.4 is 0 Å². The van der Waals surface area contributed by atoms with Crippen molar-refractivity contribution >= 4 is 23.2 Å². The molecular weight excluding hydrogens is 171 g/mol. The highest BCUT2D eigenvalue weighted by molar-refractivity contribution is 6.44. The van der Waals surface area contributed by atoms with E-state index < -0.39 is 0 Å². The van der Waals surface area contributed by atoms with Crippen molar-refractivity contribution in [3.63, 3.8) is 0 Å². The van der Waals surface area contributed by atoms with Crippen molar-refractivity contribution in [2.75, 3.05) is 0 Å². The smallest absolute Gasteiger partial charge is 0.0928 e. The second-order valence-corrected chi connectivity index (χ2v) is 2.06. The topological polar surface area (TPSA) is 47.6 Å². The molecule has 0 aromatic heterocycles. The van der Waals surface area contributed by atoms with Gasteiger partial charge in [-0.25, -0.2) is 0 Å². The largest absolute Gasteiger partial charge is 0.193 e. The Morgan fingerprint density at radius 3 is 1.50 bits per heavy atom. The summed E-state index contributed by atoms with van der Waals surface area (Å²) in [6, 6.07) is 3.36. The van der Waals surface area contributed by atoms with Crippen molar-refractivity contribution in [2.24, 2.45) is 0 Å². The average Bonchev–Trinajstić information content (AvgIpc) is 1.89. The molecule has 0 saturated heterocycles. The molecule has 0 aliphatic rings. The fraction of sp³-hybridized carbons (Fsp3) is 0. The van der Waals surface area contributed by atoms with E-state index in [0.29, 0.717) is 0 Å². The van der Waals surface area contributed by atoms with Gasteiger partial charge in [-0.1, -0.05) is 23.2 Å². The van der Waals surface area contributed by atoms with E-state index in [1.165, 1.54) is 0 Å². The highest BCUT2D eigenvalue weighted by Gasteiger charge is 1.95. The number of nitrogens with zero attached hydrogens (tertiary/aromatic N) is 2. The number of allylic oxidation sites excluding steroid dienone is 4. The maximum Gasteiger partial charge on any atom is 0.0928 e. The highest BCUT2D eigenvalue weighted by atomic mass is 35.5. The summed E-state index contributed by atoms with van der Waals surface area (Å²) in [7, 11) is 0. The van der Waals surface area contributed by atoms with Crippen LogP contribution in [0.2, 0.25) is 0 Å². The Bertz CT molecular complexity index is 224. The minimum absolute atomic E-state index is 0.0747. The van der Waals surface area contributed by atoms with Crippen molar-refractivity contribution < 1.29 is 0 Å². The molecule has 2 nitrogen and oxygen atoms in total. The van der Waals surface area contributed by atoms with Crippen LogP contribution in [0.4, 0.5) is 0 Å². The molecule has 0 aliphatic heterocycles. The lowest BCUT2D eigenvalue weighted by Gasteiger charge is -1.86. The van der Waals surface area contributed by atoms with Crippen LogP contribution in [0.1, 0.15) is 0 Å². The number of halogens is 2. The van der Waals surface area contributed by atoms with E-state index in [-0.39, 0.29) is 10.1 Å². The molecule has 0 spiro atoms. The van der Waals surface area contributed by atoms with Gasteiger partial charge >= 0.3 is 0 Å². The van der Waals surface area contributed by atoms with Crippen LogP contribution in [0.5, 0.6) is 0 Å². The van der Waals surface area contributed by atoms with Crippen LogP contribution in [0.25, 0.3) is 0 Å². The predicted octanol–water partition coefficient (Wildman–Crippen LogP) is 2.28. The summed E-state index contributed by atoms with van der Waals surface area (Å²) in [6.07, 6.45) is 2.11. The molecule has 0 rings (SSSR count). The third-order valence-corrected chi connectivity index (χ3v) is 1.33. The van der Waals surface area contributed by atoms with Gasteiger partial charge in [-0.05, 0) is 0 Å². The van der Waals surface area contributed by atoms with E-state index in [4.69, 9.17) is 33.7 Å². The van der Waals surface area contributed by atoms with Gasteiger partial charge in [-0.2, -0.15) is 10.5 Å². The third-order valence-electron chi connectivity index (χ3n) is 0.611. The van der Waals surface area contributed by atoms with Gasteiger partial charge in [0.2, 0.25) is 0 Å². The van der Waals surface area contributed by atoms with Crippen molar-refractivity contribution in [1.29, 1.82) is 10.5 Å². The zero-order chi connectivity index (χ0) is 7.98. The second-order valence-electron chi connectivity index (χ2n) is 1.24. The fourth-order valence-corrected chi connectivity index (χ4v) is 0.458. The molecule has 0 aromatic rings. The molecule has 0 radical (unpaired) electrons. The summed E-state index contributed by atoms with van der Waals surface area (Å²) < 4.78 is 0. The molecule has 0 bridgehead atoms. The summed E-state index contributed by atoms with van der Waals surface area (Å²) in [4.78, 5) is 0. The summed E-state index contributed by atoms with van der Waals surface area (Å²) in [5, 5.41) is 16.3. The monoisotopic (exact) mass is 172 g/mol. The van der Waals surface area contributed by atoms with Gasteiger partial charge in [0, 0.05) is 12.2 Å². The quantitative estimate of drug-likeness (QED) is 0.451. The van der Waals surface area contributed by atoms with Crippen LogP contribution >= 0.6 is 23.2 Å². The van der Waals surface area contributed by atoms with Crippen LogP contribution in [-0.4, -0.2) is 0 Å². The van der Waals surface area contributed by atoms with Gasteiger partial charge in [0.15, 0.2) is 0 Å². The summed E-state index contributed by atoms with van der Waals surface area (Å²) in [6.45, 7) is 0. The fourth-order valence-electron chi connectivity index (χ4n) is 0.251. The van der Waals surface area contributed by atoms with Gasteiger partial charge in [0.05, 0.1) is 22.2 Å². The predicted molar refractivity (Wildman–Crippen MR) is 39.1 cm³/mol. The summed E-state index contributed by atoms with van der Waals surface area (Å²) >= 11 is 10.8. The molecule has 50 valence electrons. The molecule has 0 aromatic carbocycles. The third kappa shape index (κ3) is 3.14. The van der Waals surface area contributed by atoms with Crippen molar-refractivity contribution in [2.45, 2.75) is 0 Å². The molecule has 0 aliphatic carbocycles. The Morgan fingerprint density at radius 2 is 1.30 bits per heavy atom. The molecule has 0 saturated carbocycles. The van der Waals surface area contributed by atoms with Crippen LogP contribution in [0.15, 0.2) is 22.2 Å². The minimum atomic E-state index is 0.0747. The summed E-state index contributed by atoms with van der Waals surface area (Å²) in [5.41, 5.74) is 0. The van der Waals surface area contributed by atoms with E-state index >= 15 is 0 Å². The second kappa shape index (κ2) is 4.88. The molecule has 0 amide bonds. The van der Waals surface area contributed by atoms with E-state index in [1.54, 1.807) is 12.1 Å². The molecule has 0 fully saturated rings. The van der Waals surface area contributed by atoms with Gasteiger partial charge < -0.3 is 0 Å². The van der Waals surface area contributed by atoms with Crippen molar-refractivity contribution in [1.82, 2.24) is 0 Å². The number of hydrogen-bond acceptors (Lipinski definition) is 2. The molecule has 4 heteroatoms. The lowest BCUT2D eigenvalue weighted by molar-refractivity contribution is 1.52. The maximum absolute atomic E-state index is 8.07. The lowest BCUT2D eigenvalue weighted by atomic mass is 10.4. The molecule has 0 atom stereocenters. The number of nitriles is 2. The van der Waals surface area contributed by atoms with E-state index in [2.05, 4.69) is 0 Å². The Labute approximate surface area is 68.6 Å². The number of hydrogen-bond donors (Lipinski definition) is 0. The van der Waals surface area contributed by atoms with Crippen molar-refractivity contribution in [3.05, 3.63) is 22.2 Å². The van der Waals surface area contributed by atoms with E-state index in [0.717, 1.165) is 12.2 Å². The lowest BCUT2D eigenvalue weighted by Crippen LogP contribution is -1.69. The van der Waals surface area contributed by atoms with E-state index in [1.807, 2.05) is 0 Å². The highest BCUT2D eigenvalue weighted by Crippen LogP contribution is 2.17. The Kier molecular flexibility index (Phi) is 4.41. The van der Waals surface area contributed by atoms with Crippen molar-refractivity contribution in [3.8, 4) is 12.1 Å². The number of rotatable bonds is 1. The minimum Gasteiger partial charge on any atom is -0.193 e. The first-order valence-electron chi connectivity index (χ1n) is 2.23. The first-order valence-corrected chi connectivity index (χ1v) is 2.99. The molecule has 0 N–H and O–H groups in total. The SMILES string of the molecule is N#CC=C(Cl)C(Cl)=CC#N. The van der Waals surface area contributed by atoms with Crippen LogP contribution in [0.3, 0.4) is 0 Å². The van der Waals surface area contributed by atoms with Gasteiger partial charge in [-0.3, -0.25) is 0 Å². The Hall–Kier alpha value is -0.960. The van der Waals surface area contributed by atoms with Gasteiger partial charge in [0.25, 0.3) is 0 Å². The Balaban J connectivity index is 4.43. The Morgan fingerprint density at radius 1 is 1.00 bits per heavy atom. The molecule has 0 heterocycles. The average molecular weight is 173 g/mol. The summed E-state index contributed by atoms with van der Waals surface area (Å²) in [5.74, 6) is 0. The maximum atomic E-state index is 8.07. The van der Waals surface area contributed by atoms with Crippen LogP contribution in [-0.2, 0) is 0 Å². The first-order chi connectivity index (χ1) is 4.72. The molecule has 10 heavy (non-hydrogen) atoms. The zero-order valence-corrected chi connectivity index (χ0v) is 6.32.